The zero-order valence-electron chi connectivity index (χ0n) is 20.0. The lowest BCUT2D eigenvalue weighted by molar-refractivity contribution is -0.118. The van der Waals surface area contributed by atoms with E-state index in [1.165, 1.54) is 24.0 Å². The lowest BCUT2D eigenvalue weighted by Crippen LogP contribution is -2.20. The smallest absolute Gasteiger partial charge is 0.336 e. The summed E-state index contributed by atoms with van der Waals surface area (Å²) in [6.07, 6.45) is 1.30. The molecule has 0 bridgehead atoms. The highest BCUT2D eigenvalue weighted by Gasteiger charge is 2.19. The molecule has 0 unspecified atom stereocenters. The Bertz CT molecular complexity index is 1440. The van der Waals surface area contributed by atoms with E-state index in [4.69, 9.17) is 9.47 Å². The fraction of sp³-hybridized carbons (Fsp3) is 0.115. The van der Waals surface area contributed by atoms with Gasteiger partial charge in [-0.2, -0.15) is 5.10 Å². The summed E-state index contributed by atoms with van der Waals surface area (Å²) >= 11 is 1.19. The molecule has 4 aromatic rings. The quantitative estimate of drug-likeness (QED) is 0.184. The second-order valence-electron chi connectivity index (χ2n) is 7.52. The maximum absolute atomic E-state index is 12.5. The van der Waals surface area contributed by atoms with Gasteiger partial charge in [-0.05, 0) is 36.4 Å². The Morgan fingerprint density at radius 2 is 1.73 bits per heavy atom. The van der Waals surface area contributed by atoms with Gasteiger partial charge in [0, 0.05) is 16.8 Å². The van der Waals surface area contributed by atoms with E-state index >= 15 is 0 Å². The first-order valence-electron chi connectivity index (χ1n) is 11.0. The van der Waals surface area contributed by atoms with Gasteiger partial charge in [-0.15, -0.1) is 10.2 Å². The van der Waals surface area contributed by atoms with Crippen molar-refractivity contribution < 1.29 is 24.2 Å². The molecule has 1 heterocycles. The van der Waals surface area contributed by atoms with Crippen LogP contribution in [0.2, 0.25) is 0 Å². The summed E-state index contributed by atoms with van der Waals surface area (Å²) in [4.78, 5) is 23.8. The summed E-state index contributed by atoms with van der Waals surface area (Å²) in [5.74, 6) is 0.264. The molecule has 0 aliphatic carbocycles. The van der Waals surface area contributed by atoms with Crippen molar-refractivity contribution in [1.82, 2.24) is 20.2 Å². The maximum Gasteiger partial charge on any atom is 0.336 e. The first kappa shape index (κ1) is 25.5. The standard InChI is InChI=1S/C26H23N5O5S/c1-35-21-13-12-17(14-22(21)36-2)24-29-30-26(31(24)19-9-4-3-5-10-19)37-16-23(32)28-27-15-18-8-6-7-11-20(18)25(33)34/h3-15H,16H2,1-2H3,(H,28,32)(H,33,34). The molecule has 2 N–H and O–H groups in total. The molecule has 0 radical (unpaired) electrons. The number of amides is 1. The van der Waals surface area contributed by atoms with Crippen molar-refractivity contribution in [2.75, 3.05) is 20.0 Å². The van der Waals surface area contributed by atoms with Crippen LogP contribution in [0.25, 0.3) is 17.1 Å². The van der Waals surface area contributed by atoms with E-state index in [-0.39, 0.29) is 17.2 Å². The molecule has 1 amide bonds. The fourth-order valence-electron chi connectivity index (χ4n) is 3.48. The van der Waals surface area contributed by atoms with E-state index in [1.807, 2.05) is 47.0 Å². The van der Waals surface area contributed by atoms with Gasteiger partial charge in [0.15, 0.2) is 22.5 Å². The number of thioether (sulfide) groups is 1. The monoisotopic (exact) mass is 517 g/mol. The van der Waals surface area contributed by atoms with Crippen molar-refractivity contribution in [3.63, 3.8) is 0 Å². The number of ether oxygens (including phenoxy) is 2. The molecule has 4 rings (SSSR count). The van der Waals surface area contributed by atoms with Crippen LogP contribution in [0.3, 0.4) is 0 Å². The lowest BCUT2D eigenvalue weighted by Gasteiger charge is -2.12. The van der Waals surface area contributed by atoms with E-state index in [9.17, 15) is 14.7 Å². The molecule has 0 aliphatic heterocycles. The van der Waals surface area contributed by atoms with Crippen molar-refractivity contribution in [2.45, 2.75) is 5.16 Å². The highest BCUT2D eigenvalue weighted by atomic mass is 32.2. The van der Waals surface area contributed by atoms with Gasteiger partial charge < -0.3 is 14.6 Å². The second kappa shape index (κ2) is 11.9. The van der Waals surface area contributed by atoms with Crippen LogP contribution in [0.4, 0.5) is 0 Å². The second-order valence-corrected chi connectivity index (χ2v) is 8.46. The zero-order chi connectivity index (χ0) is 26.2. The minimum atomic E-state index is -1.07. The largest absolute Gasteiger partial charge is 0.493 e. The normalized spacial score (nSPS) is 10.9. The molecule has 188 valence electrons. The van der Waals surface area contributed by atoms with Crippen LogP contribution in [-0.2, 0) is 4.79 Å². The van der Waals surface area contributed by atoms with Crippen LogP contribution >= 0.6 is 11.8 Å². The summed E-state index contributed by atoms with van der Waals surface area (Å²) in [7, 11) is 3.13. The Hall–Kier alpha value is -4.64. The number of nitrogens with one attached hydrogen (secondary N) is 1. The Kier molecular flexibility index (Phi) is 8.16. The number of methoxy groups -OCH3 is 2. The van der Waals surface area contributed by atoms with Crippen LogP contribution < -0.4 is 14.9 Å². The van der Waals surface area contributed by atoms with Gasteiger partial charge in [0.25, 0.3) is 5.91 Å². The molecule has 11 heteroatoms. The van der Waals surface area contributed by atoms with Gasteiger partial charge in [-0.1, -0.05) is 48.2 Å². The van der Waals surface area contributed by atoms with Crippen molar-refractivity contribution in [1.29, 1.82) is 0 Å². The van der Waals surface area contributed by atoms with E-state index in [0.29, 0.717) is 28.0 Å². The fourth-order valence-corrected chi connectivity index (χ4v) is 4.22. The van der Waals surface area contributed by atoms with Crippen LogP contribution in [0, 0.1) is 0 Å². The molecule has 3 aromatic carbocycles. The number of carboxylic acid groups (broad SMARTS) is 1. The molecule has 1 aromatic heterocycles. The van der Waals surface area contributed by atoms with Gasteiger partial charge in [0.2, 0.25) is 0 Å². The van der Waals surface area contributed by atoms with E-state index in [0.717, 1.165) is 11.3 Å². The number of hydrogen-bond acceptors (Lipinski definition) is 8. The minimum absolute atomic E-state index is 0.00875. The number of aromatic nitrogens is 3. The van der Waals surface area contributed by atoms with Crippen LogP contribution in [0.1, 0.15) is 15.9 Å². The van der Waals surface area contributed by atoms with Gasteiger partial charge in [0.1, 0.15) is 0 Å². The first-order valence-corrected chi connectivity index (χ1v) is 12.0. The number of nitrogens with zero attached hydrogens (tertiary/aromatic N) is 4. The SMILES string of the molecule is COc1ccc(-c2nnc(SCC(=O)NN=Cc3ccccc3C(=O)O)n2-c2ccccc2)cc1OC. The van der Waals surface area contributed by atoms with Gasteiger partial charge in [-0.3, -0.25) is 9.36 Å². The van der Waals surface area contributed by atoms with Crippen LogP contribution in [0.15, 0.2) is 83.1 Å². The molecule has 0 saturated heterocycles. The summed E-state index contributed by atoms with van der Waals surface area (Å²) in [6.45, 7) is 0. The molecule has 0 atom stereocenters. The Balaban J connectivity index is 1.54. The molecular formula is C26H23N5O5S. The molecule has 10 nitrogen and oxygen atoms in total. The van der Waals surface area contributed by atoms with E-state index < -0.39 is 5.97 Å². The predicted octanol–water partition coefficient (Wildman–Crippen LogP) is 3.89. The van der Waals surface area contributed by atoms with E-state index in [1.54, 1.807) is 38.5 Å². The number of aromatic carboxylic acids is 1. The topological polar surface area (TPSA) is 128 Å². The Morgan fingerprint density at radius 1 is 1.00 bits per heavy atom. The summed E-state index contributed by atoms with van der Waals surface area (Å²) in [6, 6.07) is 21.4. The number of para-hydroxylation sites is 1. The number of rotatable bonds is 10. The van der Waals surface area contributed by atoms with Crippen LogP contribution in [-0.4, -0.2) is 57.9 Å². The zero-order valence-corrected chi connectivity index (χ0v) is 20.8. The Labute approximate surface area is 217 Å². The third kappa shape index (κ3) is 5.96. The van der Waals surface area contributed by atoms with Crippen molar-refractivity contribution in [3.8, 4) is 28.6 Å². The molecule has 37 heavy (non-hydrogen) atoms. The lowest BCUT2D eigenvalue weighted by atomic mass is 10.1. The number of hydrazone groups is 1. The number of carboxylic acids is 1. The number of hydrogen-bond donors (Lipinski definition) is 2. The third-order valence-corrected chi connectivity index (χ3v) is 6.13. The number of benzene rings is 3. The maximum atomic E-state index is 12.5. The molecule has 0 aliphatic rings. The summed E-state index contributed by atoms with van der Waals surface area (Å²) < 4.78 is 12.6. The minimum Gasteiger partial charge on any atom is -0.493 e. The number of carbonyl (C=O) groups excluding carboxylic acids is 1. The van der Waals surface area contributed by atoms with Gasteiger partial charge in [0.05, 0.1) is 31.8 Å². The average Bonchev–Trinajstić information content (AvgIpc) is 3.36. The van der Waals surface area contributed by atoms with Crippen molar-refractivity contribution >= 4 is 29.9 Å². The molecule has 0 fully saturated rings. The van der Waals surface area contributed by atoms with Crippen LogP contribution in [0.5, 0.6) is 11.5 Å². The molecular weight excluding hydrogens is 494 g/mol. The Morgan fingerprint density at radius 3 is 2.46 bits per heavy atom. The summed E-state index contributed by atoms with van der Waals surface area (Å²) in [5, 5.41) is 22.4. The highest BCUT2D eigenvalue weighted by molar-refractivity contribution is 7.99. The number of carbonyl (C=O) groups is 2. The third-order valence-electron chi connectivity index (χ3n) is 5.21. The van der Waals surface area contributed by atoms with E-state index in [2.05, 4.69) is 20.7 Å². The first-order chi connectivity index (χ1) is 18.0. The van der Waals surface area contributed by atoms with Crippen molar-refractivity contribution in [2.24, 2.45) is 5.10 Å². The summed E-state index contributed by atoms with van der Waals surface area (Å²) in [5.41, 5.74) is 4.47. The predicted molar refractivity (Wildman–Crippen MR) is 140 cm³/mol. The molecule has 0 saturated carbocycles. The van der Waals surface area contributed by atoms with Crippen molar-refractivity contribution in [3.05, 3.63) is 83.9 Å². The highest BCUT2D eigenvalue weighted by Crippen LogP contribution is 2.34. The van der Waals surface area contributed by atoms with Gasteiger partial charge in [-0.25, -0.2) is 10.2 Å². The van der Waals surface area contributed by atoms with Gasteiger partial charge >= 0.3 is 5.97 Å². The molecule has 0 spiro atoms. The average molecular weight is 518 g/mol.